The van der Waals surface area contributed by atoms with Gasteiger partial charge in [0, 0.05) is 124 Å². The number of halogens is 1. The first-order valence-corrected chi connectivity index (χ1v) is 31.5. The number of aryl methyl sites for hydroxylation is 2. The van der Waals surface area contributed by atoms with Crippen LogP contribution in [0.15, 0.2) is 101 Å². The Labute approximate surface area is 498 Å². The van der Waals surface area contributed by atoms with Crippen molar-refractivity contribution in [2.45, 2.75) is 138 Å². The lowest BCUT2D eigenvalue weighted by Crippen LogP contribution is -3.00. The molecule has 81 heavy (non-hydrogen) atoms. The number of carbonyl (C=O) groups is 2. The molecular weight excluding hydrogens is 1140 g/mol. The molecule has 0 aromatic carbocycles. The van der Waals surface area contributed by atoms with E-state index in [9.17, 15) is 9.59 Å². The number of piperazine rings is 2. The Hall–Kier alpha value is -6.53. The zero-order valence-corrected chi connectivity index (χ0v) is 53.6. The van der Waals surface area contributed by atoms with Crippen molar-refractivity contribution in [1.82, 2.24) is 44.7 Å². The summed E-state index contributed by atoms with van der Waals surface area (Å²) in [6, 6.07) is 16.4. The van der Waals surface area contributed by atoms with Gasteiger partial charge in [-0.15, -0.1) is 10.6 Å². The lowest BCUT2D eigenvalue weighted by atomic mass is 9.94. The fourth-order valence-corrected chi connectivity index (χ4v) is 9.61. The van der Waals surface area contributed by atoms with Crippen molar-refractivity contribution in [2.24, 2.45) is 0 Å². The molecule has 7 aromatic heterocycles. The predicted octanol–water partition coefficient (Wildman–Crippen LogP) is 8.01. The fraction of sp³-hybridized carbons (Fsp3) is 0.460. The second kappa shape index (κ2) is 27.5. The first kappa shape index (κ1) is 63.6. The molecular formula is C63H84IN12O4Si-. The summed E-state index contributed by atoms with van der Waals surface area (Å²) in [6.45, 7) is 40.3. The third kappa shape index (κ3) is 18.0. The van der Waals surface area contributed by atoms with Crippen molar-refractivity contribution in [1.29, 1.82) is 0 Å². The molecule has 7 aromatic rings. The highest BCUT2D eigenvalue weighted by atomic mass is 127. The van der Waals surface area contributed by atoms with Crippen molar-refractivity contribution in [3.63, 3.8) is 0 Å². The molecule has 18 heteroatoms. The van der Waals surface area contributed by atoms with E-state index in [1.807, 2.05) is 83.8 Å². The largest absolute Gasteiger partial charge is 1.00 e. The van der Waals surface area contributed by atoms with Crippen LogP contribution in [-0.4, -0.2) is 129 Å². The number of nitrogens with zero attached hydrogens (tertiary/aromatic N) is 11. The third-order valence-corrected chi connectivity index (χ3v) is 15.0. The van der Waals surface area contributed by atoms with Crippen molar-refractivity contribution < 1.29 is 42.4 Å². The van der Waals surface area contributed by atoms with Crippen LogP contribution in [0.1, 0.15) is 130 Å². The molecule has 0 spiro atoms. The van der Waals surface area contributed by atoms with E-state index in [0.29, 0.717) is 29.3 Å². The molecule has 0 amide bonds. The number of furan rings is 2. The van der Waals surface area contributed by atoms with Gasteiger partial charge in [-0.2, -0.15) is 0 Å². The molecule has 2 N–H and O–H groups in total. The molecule has 2 aliphatic rings. The Kier molecular flexibility index (Phi) is 21.6. The maximum atomic E-state index is 12.9. The molecule has 0 aliphatic carbocycles. The molecule has 0 unspecified atom stereocenters. The van der Waals surface area contributed by atoms with E-state index < -0.39 is 8.07 Å². The molecule has 0 bridgehead atoms. The van der Waals surface area contributed by atoms with Crippen LogP contribution in [0, 0.1) is 25.3 Å². The van der Waals surface area contributed by atoms with Crippen LogP contribution < -0.4 is 39.5 Å². The zero-order valence-electron chi connectivity index (χ0n) is 50.4. The number of pyridine rings is 4. The van der Waals surface area contributed by atoms with Crippen LogP contribution in [-0.2, 0) is 23.7 Å². The standard InChI is InChI=1S/C30H37N7O2.C17H27N3Si.C16H20N2O2.HI/c1-20(2)35-9-11-36(12-10-35)24-15-23(17-31-18-24)25-19-37(34-33-25)26-13-22(16-32-21(26)3)14-27(38)28-7-8-29(39-28)30(4,5)6;1-15(2)19-7-9-20(10-8-19)17-12-16(13-18-14-17)6-11-21(3,4)5;1-10-12(17)7-11(9-18-10)8-13(19)14-5-6-15(20-14)16(2,3)4;/h7-8,13,15-20H,9-12,14H2,1-6H3;12-15H,7-10H2,1-5H3;5-7,9H,8,17H2,1-4H3;1H/p-1. The van der Waals surface area contributed by atoms with Crippen molar-refractivity contribution >= 4 is 36.7 Å². The van der Waals surface area contributed by atoms with E-state index >= 15 is 0 Å². The highest BCUT2D eigenvalue weighted by Crippen LogP contribution is 2.28. The fourth-order valence-electron chi connectivity index (χ4n) is 9.09. The van der Waals surface area contributed by atoms with Gasteiger partial charge in [-0.05, 0) is 101 Å². The summed E-state index contributed by atoms with van der Waals surface area (Å²) < 4.78 is 13.2. The Morgan fingerprint density at radius 1 is 0.642 bits per heavy atom. The number of hydrogen-bond acceptors (Lipinski definition) is 15. The van der Waals surface area contributed by atoms with Crippen molar-refractivity contribution in [3.8, 4) is 28.4 Å². The summed E-state index contributed by atoms with van der Waals surface area (Å²) in [6.07, 6.45) is 13.3. The molecule has 432 valence electrons. The molecule has 9 rings (SSSR count). The number of Topliss-reactive ketones (excluding diaryl/α,β-unsaturated/α-hetero) is 2. The van der Waals surface area contributed by atoms with Crippen molar-refractivity contribution in [3.05, 3.63) is 143 Å². The minimum Gasteiger partial charge on any atom is -1.00 e. The summed E-state index contributed by atoms with van der Waals surface area (Å²) in [5.41, 5.74) is 18.5. The summed E-state index contributed by atoms with van der Waals surface area (Å²) in [5.74, 6) is 5.50. The van der Waals surface area contributed by atoms with E-state index in [2.05, 4.69) is 142 Å². The van der Waals surface area contributed by atoms with Gasteiger partial charge < -0.3 is 48.3 Å². The SMILES string of the molecule is CC(C)N1CCN(c2cncc(C#C[Si](C)(C)C)c2)CC1.Cc1ncc(CC(=O)c2ccc(C(C)(C)C)o2)cc1-n1cc(-c2cncc(N3CCN(C(C)C)CC3)c2)nn1.Cc1ncc(CC(=O)c2ccc(C(C)(C)C)o2)cc1N.[I-]. The van der Waals surface area contributed by atoms with Gasteiger partial charge in [0.15, 0.2) is 11.5 Å². The van der Waals surface area contributed by atoms with Gasteiger partial charge in [0.25, 0.3) is 0 Å². The predicted molar refractivity (Wildman–Crippen MR) is 324 cm³/mol. The van der Waals surface area contributed by atoms with Gasteiger partial charge >= 0.3 is 0 Å². The van der Waals surface area contributed by atoms with E-state index in [1.54, 1.807) is 35.3 Å². The first-order chi connectivity index (χ1) is 37.7. The Balaban J connectivity index is 0.000000213. The Morgan fingerprint density at radius 3 is 1.59 bits per heavy atom. The molecule has 0 radical (unpaired) electrons. The number of carbonyl (C=O) groups excluding carboxylic acids is 2. The van der Waals surface area contributed by atoms with Crippen LogP contribution in [0.25, 0.3) is 16.9 Å². The Morgan fingerprint density at radius 2 is 1.12 bits per heavy atom. The van der Waals surface area contributed by atoms with E-state index in [-0.39, 0.29) is 59.2 Å². The Bertz CT molecular complexity index is 3280. The highest BCUT2D eigenvalue weighted by Gasteiger charge is 2.25. The topological polar surface area (TPSA) is 182 Å². The van der Waals surface area contributed by atoms with Gasteiger partial charge in [-0.3, -0.25) is 39.3 Å². The molecule has 2 fully saturated rings. The number of ketones is 2. The number of hydrogen-bond donors (Lipinski definition) is 1. The van der Waals surface area contributed by atoms with Gasteiger partial charge in [0.05, 0.1) is 52.7 Å². The third-order valence-electron chi connectivity index (χ3n) is 14.2. The molecule has 9 heterocycles. The lowest BCUT2D eigenvalue weighted by molar-refractivity contribution is -0.0000338. The number of anilines is 3. The molecule has 0 atom stereocenters. The maximum Gasteiger partial charge on any atom is 0.202 e. The normalized spacial score (nSPS) is 14.3. The van der Waals surface area contributed by atoms with Crippen LogP contribution in [0.2, 0.25) is 19.6 Å². The second-order valence-electron chi connectivity index (χ2n) is 24.6. The van der Waals surface area contributed by atoms with Crippen LogP contribution in [0.3, 0.4) is 0 Å². The molecule has 0 saturated carbocycles. The summed E-state index contributed by atoms with van der Waals surface area (Å²) in [5, 5.41) is 8.80. The van der Waals surface area contributed by atoms with Crippen molar-refractivity contribution in [2.75, 3.05) is 67.9 Å². The monoisotopic (exact) mass is 1230 g/mol. The average molecular weight is 1230 g/mol. The first-order valence-electron chi connectivity index (χ1n) is 28.0. The molecule has 2 saturated heterocycles. The summed E-state index contributed by atoms with van der Waals surface area (Å²) in [4.78, 5) is 52.5. The average Bonchev–Trinajstić information content (AvgIpc) is 4.25. The zero-order chi connectivity index (χ0) is 58.1. The molecule has 2 aliphatic heterocycles. The van der Waals surface area contributed by atoms with Gasteiger partial charge in [0.2, 0.25) is 11.6 Å². The highest BCUT2D eigenvalue weighted by molar-refractivity contribution is 6.83. The van der Waals surface area contributed by atoms with Gasteiger partial charge in [0.1, 0.15) is 25.3 Å². The quantitative estimate of drug-likeness (QED) is 0.0537. The minimum absolute atomic E-state index is 0. The van der Waals surface area contributed by atoms with Crippen LogP contribution in [0.4, 0.5) is 17.1 Å². The number of aromatic nitrogens is 7. The lowest BCUT2D eigenvalue weighted by Gasteiger charge is -2.38. The second-order valence-corrected chi connectivity index (χ2v) is 29.4. The van der Waals surface area contributed by atoms with Gasteiger partial charge in [-0.1, -0.05) is 72.3 Å². The van der Waals surface area contributed by atoms with E-state index in [0.717, 1.165) is 115 Å². The maximum absolute atomic E-state index is 12.9. The molecule has 16 nitrogen and oxygen atoms in total. The number of nitrogens with two attached hydrogens (primary N) is 1. The minimum atomic E-state index is -1.33. The summed E-state index contributed by atoms with van der Waals surface area (Å²) >= 11 is 0. The van der Waals surface area contributed by atoms with Gasteiger partial charge in [-0.25, -0.2) is 4.68 Å². The number of nitrogen functional groups attached to an aromatic ring is 1. The van der Waals surface area contributed by atoms with Crippen LogP contribution in [0.5, 0.6) is 0 Å². The summed E-state index contributed by atoms with van der Waals surface area (Å²) in [7, 11) is -1.33. The smallest absolute Gasteiger partial charge is 0.202 e. The number of rotatable bonds is 12. The van der Waals surface area contributed by atoms with E-state index in [4.69, 9.17) is 14.6 Å². The van der Waals surface area contributed by atoms with Crippen LogP contribution >= 0.6 is 0 Å². The van der Waals surface area contributed by atoms with E-state index in [1.165, 1.54) is 5.69 Å².